The molecule has 1 aliphatic rings. The number of fused-ring (bicyclic) bond motifs is 1. The zero-order valence-electron chi connectivity index (χ0n) is 11.5. The number of carbonyl (C=O) groups excluding carboxylic acids is 1. The van der Waals surface area contributed by atoms with E-state index in [4.69, 9.17) is 0 Å². The first-order valence-electron chi connectivity index (χ1n) is 6.72. The molecule has 0 N–H and O–H groups in total. The molecule has 0 bridgehead atoms. The van der Waals surface area contributed by atoms with E-state index in [-0.39, 0.29) is 11.2 Å². The van der Waals surface area contributed by atoms with Crippen LogP contribution in [0.4, 0.5) is 0 Å². The molecule has 100 valence electrons. The predicted octanol–water partition coefficient (Wildman–Crippen LogP) is 2.54. The van der Waals surface area contributed by atoms with Gasteiger partial charge in [-0.2, -0.15) is 0 Å². The van der Waals surface area contributed by atoms with Gasteiger partial charge in [-0.25, -0.2) is 4.98 Å². The molecule has 2 aromatic heterocycles. The van der Waals surface area contributed by atoms with E-state index in [9.17, 15) is 4.79 Å². The lowest BCUT2D eigenvalue weighted by Gasteiger charge is -2.29. The minimum absolute atomic E-state index is 0.0786. The Morgan fingerprint density at radius 3 is 2.84 bits per heavy atom. The van der Waals surface area contributed by atoms with Gasteiger partial charge in [0.2, 0.25) is 0 Å². The fourth-order valence-electron chi connectivity index (χ4n) is 2.85. The molecule has 19 heavy (non-hydrogen) atoms. The molecule has 2 aromatic rings. The molecule has 0 aromatic carbocycles. The van der Waals surface area contributed by atoms with Crippen LogP contribution in [0, 0.1) is 5.41 Å². The quantitative estimate of drug-likeness (QED) is 0.847. The first-order valence-corrected chi connectivity index (χ1v) is 6.72. The van der Waals surface area contributed by atoms with E-state index in [2.05, 4.69) is 28.0 Å². The molecular formula is C15H19N3O. The fraction of sp³-hybridized carbons (Fsp3) is 0.467. The average Bonchev–Trinajstić information content (AvgIpc) is 2.93. The highest BCUT2D eigenvalue weighted by Gasteiger charge is 2.32. The summed E-state index contributed by atoms with van der Waals surface area (Å²) in [5.41, 5.74) is 2.20. The number of carbonyl (C=O) groups is 1. The molecule has 0 saturated heterocycles. The molecule has 0 aliphatic heterocycles. The Hall–Kier alpha value is -1.84. The molecule has 0 unspecified atom stereocenters. The molecule has 0 radical (unpaired) electrons. The predicted molar refractivity (Wildman–Crippen MR) is 73.1 cm³/mol. The van der Waals surface area contributed by atoms with Crippen LogP contribution in [0.2, 0.25) is 0 Å². The van der Waals surface area contributed by atoms with Crippen molar-refractivity contribution in [3.8, 4) is 0 Å². The first-order chi connectivity index (χ1) is 9.05. The van der Waals surface area contributed by atoms with Gasteiger partial charge in [-0.1, -0.05) is 13.8 Å². The van der Waals surface area contributed by atoms with Gasteiger partial charge >= 0.3 is 0 Å². The molecule has 1 aliphatic carbocycles. The van der Waals surface area contributed by atoms with Crippen LogP contribution < -0.4 is 0 Å². The number of ketones is 1. The summed E-state index contributed by atoms with van der Waals surface area (Å²) in [6, 6.07) is 1.97. The molecule has 3 rings (SSSR count). The fourth-order valence-corrected chi connectivity index (χ4v) is 2.85. The third-order valence-corrected chi connectivity index (χ3v) is 3.82. The number of hydrogen-bond acceptors (Lipinski definition) is 2. The minimum Gasteiger partial charge on any atom is -0.349 e. The van der Waals surface area contributed by atoms with Crippen LogP contribution in [0.5, 0.6) is 0 Å². The van der Waals surface area contributed by atoms with Crippen molar-refractivity contribution in [3.63, 3.8) is 0 Å². The summed E-state index contributed by atoms with van der Waals surface area (Å²) >= 11 is 0. The van der Waals surface area contributed by atoms with Gasteiger partial charge in [0.15, 0.2) is 5.78 Å². The maximum absolute atomic E-state index is 12.1. The van der Waals surface area contributed by atoms with E-state index in [0.29, 0.717) is 6.42 Å². The van der Waals surface area contributed by atoms with Crippen molar-refractivity contribution >= 4 is 5.78 Å². The van der Waals surface area contributed by atoms with Crippen molar-refractivity contribution in [2.45, 2.75) is 39.8 Å². The second kappa shape index (κ2) is 4.37. The smallest absolute Gasteiger partial charge is 0.165 e. The Morgan fingerprint density at radius 2 is 2.11 bits per heavy atom. The average molecular weight is 257 g/mol. The summed E-state index contributed by atoms with van der Waals surface area (Å²) in [5.74, 6) is 0.285. The summed E-state index contributed by atoms with van der Waals surface area (Å²) in [6.07, 6.45) is 9.26. The van der Waals surface area contributed by atoms with Gasteiger partial charge in [-0.05, 0) is 17.9 Å². The van der Waals surface area contributed by atoms with Crippen LogP contribution in [0.25, 0.3) is 0 Å². The Kier molecular flexibility index (Phi) is 2.81. The lowest BCUT2D eigenvalue weighted by molar-refractivity contribution is 0.0910. The Morgan fingerprint density at radius 1 is 1.26 bits per heavy atom. The Labute approximate surface area is 113 Å². The number of Topliss-reactive ketones (excluding diaryl/α,β-unsaturated/α-hetero) is 1. The highest BCUT2D eigenvalue weighted by molar-refractivity contribution is 5.98. The summed E-state index contributed by atoms with van der Waals surface area (Å²) in [4.78, 5) is 16.2. The van der Waals surface area contributed by atoms with Crippen LogP contribution >= 0.6 is 0 Å². The number of aromatic nitrogens is 3. The molecule has 0 amide bonds. The molecule has 0 spiro atoms. The van der Waals surface area contributed by atoms with E-state index in [1.54, 1.807) is 6.20 Å². The van der Waals surface area contributed by atoms with Crippen LogP contribution in [-0.4, -0.2) is 19.9 Å². The zero-order chi connectivity index (χ0) is 13.5. The molecule has 4 nitrogen and oxygen atoms in total. The SMILES string of the molecule is CC1(C)CC(=O)c2ccn(CCn3ccnc3)c2C1. The van der Waals surface area contributed by atoms with E-state index in [0.717, 1.165) is 25.1 Å². The maximum Gasteiger partial charge on any atom is 0.165 e. The zero-order valence-corrected chi connectivity index (χ0v) is 11.5. The van der Waals surface area contributed by atoms with E-state index in [1.165, 1.54) is 5.69 Å². The van der Waals surface area contributed by atoms with Crippen LogP contribution in [-0.2, 0) is 19.5 Å². The first kappa shape index (κ1) is 12.2. The second-order valence-corrected chi connectivity index (χ2v) is 6.11. The Bertz CT molecular complexity index is 593. The van der Waals surface area contributed by atoms with Gasteiger partial charge in [0.1, 0.15) is 0 Å². The van der Waals surface area contributed by atoms with Crippen molar-refractivity contribution < 1.29 is 4.79 Å². The third kappa shape index (κ3) is 2.35. The van der Waals surface area contributed by atoms with E-state index >= 15 is 0 Å². The van der Waals surface area contributed by atoms with Crippen LogP contribution in [0.3, 0.4) is 0 Å². The second-order valence-electron chi connectivity index (χ2n) is 6.11. The molecule has 0 saturated carbocycles. The van der Waals surface area contributed by atoms with Crippen molar-refractivity contribution in [1.29, 1.82) is 0 Å². The van der Waals surface area contributed by atoms with Gasteiger partial charge in [0, 0.05) is 49.4 Å². The molecule has 0 atom stereocenters. The van der Waals surface area contributed by atoms with Crippen molar-refractivity contribution in [3.05, 3.63) is 42.2 Å². The molecular weight excluding hydrogens is 238 g/mol. The molecule has 4 heteroatoms. The highest BCUT2D eigenvalue weighted by atomic mass is 16.1. The minimum atomic E-state index is 0.0786. The molecule has 2 heterocycles. The largest absolute Gasteiger partial charge is 0.349 e. The Balaban J connectivity index is 1.82. The third-order valence-electron chi connectivity index (χ3n) is 3.82. The van der Waals surface area contributed by atoms with Crippen LogP contribution in [0.15, 0.2) is 31.0 Å². The van der Waals surface area contributed by atoms with Gasteiger partial charge in [-0.15, -0.1) is 0 Å². The highest BCUT2D eigenvalue weighted by Crippen LogP contribution is 2.35. The summed E-state index contributed by atoms with van der Waals surface area (Å²) in [5, 5.41) is 0. The van der Waals surface area contributed by atoms with Gasteiger partial charge in [0.25, 0.3) is 0 Å². The maximum atomic E-state index is 12.1. The van der Waals surface area contributed by atoms with Gasteiger partial charge in [0.05, 0.1) is 6.33 Å². The summed E-state index contributed by atoms with van der Waals surface area (Å²) in [6.45, 7) is 6.10. The number of hydrogen-bond donors (Lipinski definition) is 0. The normalized spacial score (nSPS) is 17.5. The number of imidazole rings is 1. The van der Waals surface area contributed by atoms with Crippen LogP contribution in [0.1, 0.15) is 36.3 Å². The summed E-state index contributed by atoms with van der Waals surface area (Å²) in [7, 11) is 0. The van der Waals surface area contributed by atoms with E-state index in [1.807, 2.05) is 24.8 Å². The van der Waals surface area contributed by atoms with Gasteiger partial charge in [-0.3, -0.25) is 4.79 Å². The number of nitrogens with zero attached hydrogens (tertiary/aromatic N) is 3. The van der Waals surface area contributed by atoms with Crippen molar-refractivity contribution in [2.75, 3.05) is 0 Å². The molecule has 0 fully saturated rings. The van der Waals surface area contributed by atoms with Crippen molar-refractivity contribution in [2.24, 2.45) is 5.41 Å². The standard InChI is InChI=1S/C15H19N3O/c1-15(2)9-13-12(14(19)10-15)3-5-18(13)8-7-17-6-4-16-11-17/h3-6,11H,7-10H2,1-2H3. The van der Waals surface area contributed by atoms with E-state index < -0.39 is 0 Å². The lowest BCUT2D eigenvalue weighted by atomic mass is 9.76. The number of rotatable bonds is 3. The summed E-state index contributed by atoms with van der Waals surface area (Å²) < 4.78 is 4.27. The van der Waals surface area contributed by atoms with Crippen molar-refractivity contribution in [1.82, 2.24) is 14.1 Å². The topological polar surface area (TPSA) is 39.8 Å². The monoisotopic (exact) mass is 257 g/mol. The lowest BCUT2D eigenvalue weighted by Crippen LogP contribution is -2.28. The van der Waals surface area contributed by atoms with Gasteiger partial charge < -0.3 is 9.13 Å². The number of aryl methyl sites for hydroxylation is 2.